The predicted octanol–water partition coefficient (Wildman–Crippen LogP) is 7.08. The lowest BCUT2D eigenvalue weighted by molar-refractivity contribution is -0.129. The standard InChI is InChI=1S/C25H18BrCl2NO4/c1-2-31-23-12-15(7-10-22(23)32-14-17-5-3-4-6-18(17)26)11-21-25(30)33-24(29-21)16-8-9-19(27)20(28)13-16/h3-13H,2,14H2,1H3/b21-11-. The van der Waals surface area contributed by atoms with E-state index in [0.717, 1.165) is 15.6 Å². The van der Waals surface area contributed by atoms with Crippen LogP contribution in [0.5, 0.6) is 11.5 Å². The van der Waals surface area contributed by atoms with Crippen LogP contribution in [0.1, 0.15) is 23.6 Å². The molecule has 3 aromatic rings. The molecular weight excluding hydrogens is 529 g/mol. The van der Waals surface area contributed by atoms with Crippen molar-refractivity contribution in [2.24, 2.45) is 4.99 Å². The van der Waals surface area contributed by atoms with E-state index in [1.54, 1.807) is 36.4 Å². The number of halogens is 3. The number of esters is 1. The van der Waals surface area contributed by atoms with Crippen molar-refractivity contribution in [1.82, 2.24) is 0 Å². The van der Waals surface area contributed by atoms with Crippen molar-refractivity contribution in [3.8, 4) is 11.5 Å². The first kappa shape index (κ1) is 23.4. The Morgan fingerprint density at radius 2 is 1.82 bits per heavy atom. The van der Waals surface area contributed by atoms with Gasteiger partial charge in [-0.05, 0) is 55.0 Å². The maximum absolute atomic E-state index is 12.4. The molecule has 1 aliphatic heterocycles. The van der Waals surface area contributed by atoms with Gasteiger partial charge in [0.1, 0.15) is 6.61 Å². The number of benzene rings is 3. The van der Waals surface area contributed by atoms with E-state index in [1.165, 1.54) is 0 Å². The van der Waals surface area contributed by atoms with E-state index >= 15 is 0 Å². The maximum atomic E-state index is 12.4. The van der Waals surface area contributed by atoms with Crippen LogP contribution < -0.4 is 9.47 Å². The molecule has 4 rings (SSSR count). The van der Waals surface area contributed by atoms with Gasteiger partial charge >= 0.3 is 5.97 Å². The van der Waals surface area contributed by atoms with E-state index in [1.807, 2.05) is 37.3 Å². The number of cyclic esters (lactones) is 1. The first-order valence-corrected chi connectivity index (χ1v) is 11.6. The fourth-order valence-corrected chi connectivity index (χ4v) is 3.79. The number of nitrogens with zero attached hydrogens (tertiary/aromatic N) is 1. The summed E-state index contributed by atoms with van der Waals surface area (Å²) in [4.78, 5) is 16.7. The molecule has 0 saturated heterocycles. The third kappa shape index (κ3) is 5.58. The molecule has 0 atom stereocenters. The predicted molar refractivity (Wildman–Crippen MR) is 133 cm³/mol. The highest BCUT2D eigenvalue weighted by Gasteiger charge is 2.24. The van der Waals surface area contributed by atoms with Crippen molar-refractivity contribution in [2.75, 3.05) is 6.61 Å². The fourth-order valence-electron chi connectivity index (χ4n) is 3.09. The monoisotopic (exact) mass is 545 g/mol. The van der Waals surface area contributed by atoms with Crippen LogP contribution in [0.4, 0.5) is 0 Å². The van der Waals surface area contributed by atoms with Crippen molar-refractivity contribution < 1.29 is 19.0 Å². The SMILES string of the molecule is CCOc1cc(/C=C2\N=C(c3ccc(Cl)c(Cl)c3)OC2=O)ccc1OCc1ccccc1Br. The average Bonchev–Trinajstić information content (AvgIpc) is 3.16. The van der Waals surface area contributed by atoms with Gasteiger partial charge in [-0.2, -0.15) is 0 Å². The van der Waals surface area contributed by atoms with Crippen LogP contribution >= 0.6 is 39.1 Å². The van der Waals surface area contributed by atoms with Crippen molar-refractivity contribution in [1.29, 1.82) is 0 Å². The van der Waals surface area contributed by atoms with Gasteiger partial charge in [0.25, 0.3) is 0 Å². The first-order valence-electron chi connectivity index (χ1n) is 10.1. The van der Waals surface area contributed by atoms with Gasteiger partial charge in [-0.1, -0.05) is 63.4 Å². The Hall–Kier alpha value is -2.80. The molecule has 0 spiro atoms. The molecule has 0 radical (unpaired) electrons. The number of ether oxygens (including phenoxy) is 3. The quantitative estimate of drug-likeness (QED) is 0.235. The number of carbonyl (C=O) groups excluding carboxylic acids is 1. The summed E-state index contributed by atoms with van der Waals surface area (Å²) in [5, 5.41) is 0.760. The fraction of sp³-hybridized carbons (Fsp3) is 0.120. The highest BCUT2D eigenvalue weighted by Crippen LogP contribution is 2.32. The first-order chi connectivity index (χ1) is 15.9. The van der Waals surface area contributed by atoms with Crippen LogP contribution in [0.3, 0.4) is 0 Å². The van der Waals surface area contributed by atoms with E-state index in [0.29, 0.717) is 40.3 Å². The molecular formula is C25H18BrCl2NO4. The van der Waals surface area contributed by atoms with Crippen molar-refractivity contribution >= 4 is 57.1 Å². The van der Waals surface area contributed by atoms with E-state index < -0.39 is 5.97 Å². The zero-order chi connectivity index (χ0) is 23.4. The molecule has 33 heavy (non-hydrogen) atoms. The minimum absolute atomic E-state index is 0.167. The highest BCUT2D eigenvalue weighted by atomic mass is 79.9. The molecule has 168 valence electrons. The summed E-state index contributed by atoms with van der Waals surface area (Å²) < 4.78 is 18.0. The molecule has 3 aromatic carbocycles. The van der Waals surface area contributed by atoms with Gasteiger partial charge in [0, 0.05) is 15.6 Å². The summed E-state index contributed by atoms with van der Waals surface area (Å²) in [6.45, 7) is 2.74. The molecule has 0 unspecified atom stereocenters. The molecule has 0 aliphatic carbocycles. The van der Waals surface area contributed by atoms with Crippen molar-refractivity contribution in [2.45, 2.75) is 13.5 Å². The van der Waals surface area contributed by atoms with E-state index in [2.05, 4.69) is 20.9 Å². The van der Waals surface area contributed by atoms with E-state index in [9.17, 15) is 4.79 Å². The third-order valence-electron chi connectivity index (χ3n) is 4.70. The van der Waals surface area contributed by atoms with Crippen molar-refractivity contribution in [3.05, 3.63) is 97.6 Å². The Bertz CT molecular complexity index is 1270. The summed E-state index contributed by atoms with van der Waals surface area (Å²) in [6.07, 6.45) is 1.63. The van der Waals surface area contributed by atoms with E-state index in [-0.39, 0.29) is 11.6 Å². The van der Waals surface area contributed by atoms with Gasteiger partial charge in [0.15, 0.2) is 17.2 Å². The molecule has 0 bridgehead atoms. The van der Waals surface area contributed by atoms with Crippen LogP contribution in [-0.2, 0) is 16.1 Å². The van der Waals surface area contributed by atoms with Crippen LogP contribution in [-0.4, -0.2) is 18.5 Å². The molecule has 0 saturated carbocycles. The summed E-state index contributed by atoms with van der Waals surface area (Å²) in [5.74, 6) is 0.786. The van der Waals surface area contributed by atoms with Crippen LogP contribution in [0.2, 0.25) is 10.0 Å². The third-order valence-corrected chi connectivity index (χ3v) is 6.21. The number of hydrogen-bond donors (Lipinski definition) is 0. The summed E-state index contributed by atoms with van der Waals surface area (Å²) >= 11 is 15.5. The van der Waals surface area contributed by atoms with Gasteiger partial charge in [0.2, 0.25) is 5.90 Å². The summed E-state index contributed by atoms with van der Waals surface area (Å²) in [5.41, 5.74) is 2.47. The maximum Gasteiger partial charge on any atom is 0.363 e. The van der Waals surface area contributed by atoms with Gasteiger partial charge < -0.3 is 14.2 Å². The number of hydrogen-bond acceptors (Lipinski definition) is 5. The largest absolute Gasteiger partial charge is 0.490 e. The highest BCUT2D eigenvalue weighted by molar-refractivity contribution is 9.10. The van der Waals surface area contributed by atoms with Gasteiger partial charge in [-0.3, -0.25) is 0 Å². The Kier molecular flexibility index (Phi) is 7.38. The average molecular weight is 547 g/mol. The topological polar surface area (TPSA) is 57.1 Å². The smallest absolute Gasteiger partial charge is 0.363 e. The lowest BCUT2D eigenvalue weighted by Crippen LogP contribution is -2.05. The molecule has 0 amide bonds. The zero-order valence-corrected chi connectivity index (χ0v) is 20.6. The minimum atomic E-state index is -0.553. The number of carbonyl (C=O) groups is 1. The lowest BCUT2D eigenvalue weighted by atomic mass is 10.1. The van der Waals surface area contributed by atoms with Crippen LogP contribution in [0.15, 0.2) is 75.8 Å². The number of aliphatic imine (C=N–C) groups is 1. The second-order valence-electron chi connectivity index (χ2n) is 6.98. The molecule has 0 fully saturated rings. The van der Waals surface area contributed by atoms with Crippen LogP contribution in [0, 0.1) is 0 Å². The molecule has 0 N–H and O–H groups in total. The molecule has 1 heterocycles. The Labute approximate surface area is 209 Å². The minimum Gasteiger partial charge on any atom is -0.490 e. The molecule has 1 aliphatic rings. The van der Waals surface area contributed by atoms with Crippen molar-refractivity contribution in [3.63, 3.8) is 0 Å². The van der Waals surface area contributed by atoms with Gasteiger partial charge in [-0.25, -0.2) is 9.79 Å². The van der Waals surface area contributed by atoms with E-state index in [4.69, 9.17) is 37.4 Å². The Balaban J connectivity index is 1.57. The summed E-state index contributed by atoms with van der Waals surface area (Å²) in [7, 11) is 0. The van der Waals surface area contributed by atoms with Crippen LogP contribution in [0.25, 0.3) is 6.08 Å². The lowest BCUT2D eigenvalue weighted by Gasteiger charge is -2.13. The van der Waals surface area contributed by atoms with Gasteiger partial charge in [-0.15, -0.1) is 0 Å². The zero-order valence-electron chi connectivity index (χ0n) is 17.5. The Morgan fingerprint density at radius 1 is 1.00 bits per heavy atom. The van der Waals surface area contributed by atoms with Gasteiger partial charge in [0.05, 0.1) is 16.7 Å². The number of rotatable bonds is 7. The Morgan fingerprint density at radius 3 is 2.58 bits per heavy atom. The molecule has 5 nitrogen and oxygen atoms in total. The second kappa shape index (κ2) is 10.4. The second-order valence-corrected chi connectivity index (χ2v) is 8.65. The molecule has 8 heteroatoms. The molecule has 0 aromatic heterocycles. The summed E-state index contributed by atoms with van der Waals surface area (Å²) in [6, 6.07) is 18.2. The normalized spacial score (nSPS) is 14.2.